The van der Waals surface area contributed by atoms with Gasteiger partial charge < -0.3 is 4.74 Å². The molecular formula is C16H25NO2. The van der Waals surface area contributed by atoms with Crippen LogP contribution in [0.4, 0.5) is 0 Å². The second-order valence-electron chi connectivity index (χ2n) is 4.75. The predicted octanol–water partition coefficient (Wildman–Crippen LogP) is 4.27. The Kier molecular flexibility index (Phi) is 7.16. The van der Waals surface area contributed by atoms with Gasteiger partial charge in [-0.05, 0) is 31.9 Å². The Morgan fingerprint density at radius 3 is 2.74 bits per heavy atom. The lowest BCUT2D eigenvalue weighted by atomic mass is 9.90. The molecule has 1 heterocycles. The lowest BCUT2D eigenvalue weighted by molar-refractivity contribution is 0.0903. The molecule has 1 unspecified atom stereocenters. The van der Waals surface area contributed by atoms with Gasteiger partial charge in [-0.15, -0.1) is 0 Å². The first-order valence-electron chi connectivity index (χ1n) is 7.36. The maximum absolute atomic E-state index is 12.5. The number of rotatable bonds is 9. The smallest absolute Gasteiger partial charge is 0.224 e. The second-order valence-corrected chi connectivity index (χ2v) is 4.75. The molecule has 0 amide bonds. The van der Waals surface area contributed by atoms with Crippen LogP contribution >= 0.6 is 0 Å². The average Bonchev–Trinajstić information content (AvgIpc) is 2.44. The van der Waals surface area contributed by atoms with Crippen LogP contribution in [0, 0.1) is 5.92 Å². The molecule has 0 fully saturated rings. The molecule has 0 saturated heterocycles. The van der Waals surface area contributed by atoms with Gasteiger partial charge in [-0.3, -0.25) is 4.79 Å². The minimum atomic E-state index is 0.0926. The monoisotopic (exact) mass is 263 g/mol. The molecule has 0 radical (unpaired) electrons. The molecule has 1 rings (SSSR count). The average molecular weight is 263 g/mol. The number of ether oxygens (including phenoxy) is 1. The van der Waals surface area contributed by atoms with Crippen LogP contribution < -0.4 is 4.74 Å². The SMILES string of the molecule is CCCCCC(CC)C(=O)c1cccnc1OCC. The summed E-state index contributed by atoms with van der Waals surface area (Å²) in [4.78, 5) is 16.7. The zero-order valence-electron chi connectivity index (χ0n) is 12.3. The first-order valence-corrected chi connectivity index (χ1v) is 7.36. The Hall–Kier alpha value is -1.38. The molecule has 106 valence electrons. The van der Waals surface area contributed by atoms with Crippen molar-refractivity contribution in [2.24, 2.45) is 5.92 Å². The van der Waals surface area contributed by atoms with E-state index in [9.17, 15) is 4.79 Å². The largest absolute Gasteiger partial charge is 0.477 e. The van der Waals surface area contributed by atoms with Gasteiger partial charge in [0, 0.05) is 12.1 Å². The second kappa shape index (κ2) is 8.68. The lowest BCUT2D eigenvalue weighted by Gasteiger charge is -2.15. The normalized spacial score (nSPS) is 12.2. The van der Waals surface area contributed by atoms with Crippen LogP contribution in [0.15, 0.2) is 18.3 Å². The predicted molar refractivity (Wildman–Crippen MR) is 77.7 cm³/mol. The van der Waals surface area contributed by atoms with Crippen molar-refractivity contribution in [3.8, 4) is 5.88 Å². The van der Waals surface area contributed by atoms with Gasteiger partial charge in [0.2, 0.25) is 5.88 Å². The number of carbonyl (C=O) groups excluding carboxylic acids is 1. The Bertz CT molecular complexity index is 390. The first kappa shape index (κ1) is 15.7. The van der Waals surface area contributed by atoms with Crippen LogP contribution in [-0.2, 0) is 0 Å². The van der Waals surface area contributed by atoms with Gasteiger partial charge in [-0.2, -0.15) is 0 Å². The topological polar surface area (TPSA) is 39.2 Å². The van der Waals surface area contributed by atoms with Gasteiger partial charge in [0.05, 0.1) is 12.2 Å². The van der Waals surface area contributed by atoms with Gasteiger partial charge in [-0.1, -0.05) is 33.1 Å². The summed E-state index contributed by atoms with van der Waals surface area (Å²) >= 11 is 0. The molecule has 0 spiro atoms. The summed E-state index contributed by atoms with van der Waals surface area (Å²) in [7, 11) is 0. The fraction of sp³-hybridized carbons (Fsp3) is 0.625. The van der Waals surface area contributed by atoms with E-state index >= 15 is 0 Å². The van der Waals surface area contributed by atoms with Crippen molar-refractivity contribution < 1.29 is 9.53 Å². The van der Waals surface area contributed by atoms with E-state index in [-0.39, 0.29) is 11.7 Å². The quantitative estimate of drug-likeness (QED) is 0.493. The van der Waals surface area contributed by atoms with Gasteiger partial charge in [0.15, 0.2) is 5.78 Å². The molecule has 0 N–H and O–H groups in total. The zero-order chi connectivity index (χ0) is 14.1. The summed E-state index contributed by atoms with van der Waals surface area (Å²) in [5.74, 6) is 0.744. The Morgan fingerprint density at radius 1 is 1.32 bits per heavy atom. The zero-order valence-corrected chi connectivity index (χ0v) is 12.3. The molecule has 3 nitrogen and oxygen atoms in total. The number of Topliss-reactive ketones (excluding diaryl/α,β-unsaturated/α-hetero) is 1. The van der Waals surface area contributed by atoms with Crippen molar-refractivity contribution in [3.63, 3.8) is 0 Å². The molecule has 0 aromatic carbocycles. The Balaban J connectivity index is 2.78. The van der Waals surface area contributed by atoms with E-state index in [4.69, 9.17) is 4.74 Å². The van der Waals surface area contributed by atoms with E-state index in [0.717, 1.165) is 19.3 Å². The highest BCUT2D eigenvalue weighted by Gasteiger charge is 2.21. The van der Waals surface area contributed by atoms with Crippen molar-refractivity contribution in [1.29, 1.82) is 0 Å². The third-order valence-electron chi connectivity index (χ3n) is 3.34. The molecule has 3 heteroatoms. The Morgan fingerprint density at radius 2 is 2.11 bits per heavy atom. The summed E-state index contributed by atoms with van der Waals surface area (Å²) in [6.45, 7) is 6.69. The van der Waals surface area contributed by atoms with E-state index in [2.05, 4.69) is 18.8 Å². The van der Waals surface area contributed by atoms with Crippen LogP contribution in [0.1, 0.15) is 63.2 Å². The number of hydrogen-bond acceptors (Lipinski definition) is 3. The van der Waals surface area contributed by atoms with Crippen LogP contribution in [0.25, 0.3) is 0 Å². The summed E-state index contributed by atoms with van der Waals surface area (Å²) in [6, 6.07) is 3.62. The number of nitrogens with zero attached hydrogens (tertiary/aromatic N) is 1. The highest BCUT2D eigenvalue weighted by Crippen LogP contribution is 2.24. The molecular weight excluding hydrogens is 238 g/mol. The number of carbonyl (C=O) groups is 1. The van der Waals surface area contributed by atoms with Gasteiger partial charge >= 0.3 is 0 Å². The molecule has 1 aromatic heterocycles. The fourth-order valence-electron chi connectivity index (χ4n) is 2.21. The van der Waals surface area contributed by atoms with Crippen LogP contribution in [0.3, 0.4) is 0 Å². The minimum Gasteiger partial charge on any atom is -0.477 e. The molecule has 1 atom stereocenters. The number of unbranched alkanes of at least 4 members (excludes halogenated alkanes) is 2. The van der Waals surface area contributed by atoms with Crippen molar-refractivity contribution in [3.05, 3.63) is 23.9 Å². The molecule has 0 saturated carbocycles. The maximum Gasteiger partial charge on any atom is 0.224 e. The maximum atomic E-state index is 12.5. The van der Waals surface area contributed by atoms with Crippen LogP contribution in [0.2, 0.25) is 0 Å². The molecule has 0 aliphatic rings. The third-order valence-corrected chi connectivity index (χ3v) is 3.34. The van der Waals surface area contributed by atoms with E-state index < -0.39 is 0 Å². The number of hydrogen-bond donors (Lipinski definition) is 0. The number of aromatic nitrogens is 1. The van der Waals surface area contributed by atoms with Crippen molar-refractivity contribution in [2.45, 2.75) is 52.9 Å². The highest BCUT2D eigenvalue weighted by atomic mass is 16.5. The summed E-state index contributed by atoms with van der Waals surface area (Å²) in [6.07, 6.45) is 6.99. The standard InChI is InChI=1S/C16H25NO2/c1-4-7-8-10-13(5-2)15(18)14-11-9-12-17-16(14)19-6-3/h9,11-13H,4-8,10H2,1-3H3. The molecule has 19 heavy (non-hydrogen) atoms. The number of ketones is 1. The fourth-order valence-corrected chi connectivity index (χ4v) is 2.21. The summed E-state index contributed by atoms with van der Waals surface area (Å²) in [5.41, 5.74) is 0.632. The first-order chi connectivity index (χ1) is 9.24. The summed E-state index contributed by atoms with van der Waals surface area (Å²) < 4.78 is 5.45. The van der Waals surface area contributed by atoms with E-state index in [1.165, 1.54) is 12.8 Å². The van der Waals surface area contributed by atoms with E-state index in [0.29, 0.717) is 18.1 Å². The van der Waals surface area contributed by atoms with Crippen molar-refractivity contribution >= 4 is 5.78 Å². The molecule has 0 bridgehead atoms. The van der Waals surface area contributed by atoms with Gasteiger partial charge in [0.25, 0.3) is 0 Å². The molecule has 0 aliphatic heterocycles. The third kappa shape index (κ3) is 4.66. The molecule has 0 aliphatic carbocycles. The van der Waals surface area contributed by atoms with Crippen molar-refractivity contribution in [1.82, 2.24) is 4.98 Å². The van der Waals surface area contributed by atoms with Crippen LogP contribution in [0.5, 0.6) is 5.88 Å². The Labute approximate surface area is 116 Å². The van der Waals surface area contributed by atoms with Gasteiger partial charge in [-0.25, -0.2) is 4.98 Å². The van der Waals surface area contributed by atoms with Gasteiger partial charge in [0.1, 0.15) is 0 Å². The summed E-state index contributed by atoms with van der Waals surface area (Å²) in [5, 5.41) is 0. The lowest BCUT2D eigenvalue weighted by Crippen LogP contribution is -2.16. The molecule has 1 aromatic rings. The minimum absolute atomic E-state index is 0.0926. The van der Waals surface area contributed by atoms with E-state index in [1.807, 2.05) is 13.0 Å². The van der Waals surface area contributed by atoms with Crippen molar-refractivity contribution in [2.75, 3.05) is 6.61 Å². The number of pyridine rings is 1. The van der Waals surface area contributed by atoms with Crippen LogP contribution in [-0.4, -0.2) is 17.4 Å². The highest BCUT2D eigenvalue weighted by molar-refractivity contribution is 5.99. The van der Waals surface area contributed by atoms with E-state index in [1.54, 1.807) is 12.3 Å².